The van der Waals surface area contributed by atoms with Crippen molar-refractivity contribution in [2.75, 3.05) is 13.6 Å². The molecule has 0 aromatic rings. The molecule has 0 aromatic carbocycles. The number of nitrogens with one attached hydrogen (secondary N) is 1. The first kappa shape index (κ1) is 12.5. The normalized spacial score (nSPS) is 29.7. The number of rotatable bonds is 4. The van der Waals surface area contributed by atoms with Gasteiger partial charge in [0.1, 0.15) is 6.04 Å². The van der Waals surface area contributed by atoms with E-state index >= 15 is 0 Å². The van der Waals surface area contributed by atoms with Gasteiger partial charge in [-0.3, -0.25) is 4.79 Å². The Labute approximate surface area is 91.6 Å². The average Bonchev–Trinajstić information content (AvgIpc) is 2.41. The van der Waals surface area contributed by atoms with Crippen LogP contribution in [0.5, 0.6) is 0 Å². The number of likely N-dealkylation sites (N-methyl/N-ethyl adjacent to an activating group) is 1. The molecular weight excluding hydrogens is 192 g/mol. The number of likely N-dealkylation sites (tertiary alicyclic amines) is 1. The third-order valence-electron chi connectivity index (χ3n) is 3.23. The van der Waals surface area contributed by atoms with Gasteiger partial charge < -0.3 is 15.3 Å². The molecule has 2 N–H and O–H groups in total. The Bertz CT molecular complexity index is 221. The summed E-state index contributed by atoms with van der Waals surface area (Å²) in [4.78, 5) is 13.3. The molecule has 0 amide bonds. The Kier molecular flexibility index (Phi) is 4.11. The lowest BCUT2D eigenvalue weighted by Crippen LogP contribution is -2.47. The maximum atomic E-state index is 11.0. The minimum Gasteiger partial charge on any atom is -0.480 e. The van der Waals surface area contributed by atoms with Crippen LogP contribution in [0.2, 0.25) is 0 Å². The zero-order valence-corrected chi connectivity index (χ0v) is 10.0. The van der Waals surface area contributed by atoms with Crippen LogP contribution in [0, 0.1) is 5.92 Å². The predicted octanol–water partition coefficient (Wildman–Crippen LogP) is 0.778. The molecule has 1 fully saturated rings. The van der Waals surface area contributed by atoms with E-state index < -0.39 is 12.0 Å². The molecule has 1 aliphatic heterocycles. The average molecular weight is 214 g/mol. The lowest BCUT2D eigenvalue weighted by molar-refractivity contribution is -0.140. The van der Waals surface area contributed by atoms with E-state index in [2.05, 4.69) is 24.2 Å². The molecule has 0 radical (unpaired) electrons. The molecule has 15 heavy (non-hydrogen) atoms. The number of nitrogens with zero attached hydrogens (tertiary/aromatic N) is 1. The van der Waals surface area contributed by atoms with Crippen molar-refractivity contribution in [3.63, 3.8) is 0 Å². The standard InChI is InChI=1S/C11H22N2O2/c1-7(2)10(11(14)15)12-9-5-8(3)13(4)6-9/h7-10,12H,5-6H2,1-4H3,(H,14,15). The van der Waals surface area contributed by atoms with Gasteiger partial charge in [-0.25, -0.2) is 0 Å². The largest absolute Gasteiger partial charge is 0.480 e. The maximum Gasteiger partial charge on any atom is 0.320 e. The maximum absolute atomic E-state index is 11.0. The van der Waals surface area contributed by atoms with Crippen molar-refractivity contribution in [3.05, 3.63) is 0 Å². The zero-order valence-electron chi connectivity index (χ0n) is 10.0. The van der Waals surface area contributed by atoms with Crippen LogP contribution in [0.15, 0.2) is 0 Å². The fourth-order valence-corrected chi connectivity index (χ4v) is 2.12. The fourth-order valence-electron chi connectivity index (χ4n) is 2.12. The molecule has 0 aliphatic carbocycles. The molecular formula is C11H22N2O2. The van der Waals surface area contributed by atoms with Crippen LogP contribution in [-0.2, 0) is 4.79 Å². The Morgan fingerprint density at radius 2 is 2.13 bits per heavy atom. The van der Waals surface area contributed by atoms with Crippen LogP contribution >= 0.6 is 0 Å². The molecule has 0 bridgehead atoms. The third-order valence-corrected chi connectivity index (χ3v) is 3.23. The second kappa shape index (κ2) is 4.94. The molecule has 3 atom stereocenters. The predicted molar refractivity (Wildman–Crippen MR) is 59.9 cm³/mol. The van der Waals surface area contributed by atoms with Gasteiger partial charge in [0.2, 0.25) is 0 Å². The van der Waals surface area contributed by atoms with Crippen molar-refractivity contribution >= 4 is 5.97 Å². The molecule has 88 valence electrons. The highest BCUT2D eigenvalue weighted by Crippen LogP contribution is 2.16. The lowest BCUT2D eigenvalue weighted by atomic mass is 10.0. The van der Waals surface area contributed by atoms with Crippen LogP contribution in [0.3, 0.4) is 0 Å². The van der Waals surface area contributed by atoms with Gasteiger partial charge in [0.25, 0.3) is 0 Å². The summed E-state index contributed by atoms with van der Waals surface area (Å²) in [6.07, 6.45) is 1.03. The van der Waals surface area contributed by atoms with E-state index in [0.29, 0.717) is 12.1 Å². The zero-order chi connectivity index (χ0) is 11.6. The first-order valence-electron chi connectivity index (χ1n) is 5.61. The van der Waals surface area contributed by atoms with Crippen LogP contribution in [0.1, 0.15) is 27.2 Å². The summed E-state index contributed by atoms with van der Waals surface area (Å²) in [6.45, 7) is 6.99. The van der Waals surface area contributed by atoms with Gasteiger partial charge in [0, 0.05) is 18.6 Å². The van der Waals surface area contributed by atoms with E-state index in [4.69, 9.17) is 5.11 Å². The summed E-state index contributed by atoms with van der Waals surface area (Å²) in [5.74, 6) is -0.615. The smallest absolute Gasteiger partial charge is 0.320 e. The van der Waals surface area contributed by atoms with E-state index in [0.717, 1.165) is 13.0 Å². The highest BCUT2D eigenvalue weighted by molar-refractivity contribution is 5.73. The van der Waals surface area contributed by atoms with Gasteiger partial charge in [-0.15, -0.1) is 0 Å². The first-order chi connectivity index (χ1) is 6.91. The number of carbonyl (C=O) groups is 1. The van der Waals surface area contributed by atoms with Crippen LogP contribution in [0.4, 0.5) is 0 Å². The molecule has 0 spiro atoms. The van der Waals surface area contributed by atoms with E-state index in [1.54, 1.807) is 0 Å². The summed E-state index contributed by atoms with van der Waals surface area (Å²) in [5, 5.41) is 12.3. The Hall–Kier alpha value is -0.610. The van der Waals surface area contributed by atoms with Crippen molar-refractivity contribution in [1.82, 2.24) is 10.2 Å². The minimum absolute atomic E-state index is 0.128. The molecule has 1 aliphatic rings. The fraction of sp³-hybridized carbons (Fsp3) is 0.909. The summed E-state index contributed by atoms with van der Waals surface area (Å²) in [5.41, 5.74) is 0. The van der Waals surface area contributed by atoms with Crippen molar-refractivity contribution in [3.8, 4) is 0 Å². The molecule has 1 saturated heterocycles. The number of hydrogen-bond acceptors (Lipinski definition) is 3. The van der Waals surface area contributed by atoms with Crippen LogP contribution in [-0.4, -0.2) is 47.7 Å². The molecule has 4 heteroatoms. The first-order valence-corrected chi connectivity index (χ1v) is 5.61. The van der Waals surface area contributed by atoms with Crippen molar-refractivity contribution < 1.29 is 9.90 Å². The summed E-state index contributed by atoms with van der Waals surface area (Å²) in [6, 6.07) is 0.436. The van der Waals surface area contributed by atoms with E-state index in [-0.39, 0.29) is 5.92 Å². The summed E-state index contributed by atoms with van der Waals surface area (Å²) < 4.78 is 0. The molecule has 3 unspecified atom stereocenters. The van der Waals surface area contributed by atoms with Gasteiger partial charge in [-0.2, -0.15) is 0 Å². The van der Waals surface area contributed by atoms with Crippen molar-refractivity contribution in [1.29, 1.82) is 0 Å². The topological polar surface area (TPSA) is 52.6 Å². The van der Waals surface area contributed by atoms with E-state index in [9.17, 15) is 4.79 Å². The monoisotopic (exact) mass is 214 g/mol. The number of hydrogen-bond donors (Lipinski definition) is 2. The number of aliphatic carboxylic acids is 1. The van der Waals surface area contributed by atoms with Gasteiger partial charge in [0.05, 0.1) is 0 Å². The van der Waals surface area contributed by atoms with Gasteiger partial charge in [-0.05, 0) is 26.3 Å². The summed E-state index contributed by atoms with van der Waals surface area (Å²) in [7, 11) is 2.08. The quantitative estimate of drug-likeness (QED) is 0.726. The van der Waals surface area contributed by atoms with Crippen molar-refractivity contribution in [2.24, 2.45) is 5.92 Å². The van der Waals surface area contributed by atoms with E-state index in [1.165, 1.54) is 0 Å². The van der Waals surface area contributed by atoms with Gasteiger partial charge >= 0.3 is 5.97 Å². The van der Waals surface area contributed by atoms with E-state index in [1.807, 2.05) is 13.8 Å². The van der Waals surface area contributed by atoms with Crippen LogP contribution < -0.4 is 5.32 Å². The number of carboxylic acids is 1. The SMILES string of the molecule is CC(C)C(NC1CC(C)N(C)C1)C(=O)O. The molecule has 0 saturated carbocycles. The Balaban J connectivity index is 2.50. The molecule has 1 heterocycles. The minimum atomic E-state index is -0.743. The lowest BCUT2D eigenvalue weighted by Gasteiger charge is -2.22. The van der Waals surface area contributed by atoms with Gasteiger partial charge in [-0.1, -0.05) is 13.8 Å². The van der Waals surface area contributed by atoms with Crippen LogP contribution in [0.25, 0.3) is 0 Å². The second-order valence-corrected chi connectivity index (χ2v) is 4.95. The number of carboxylic acid groups (broad SMARTS) is 1. The molecule has 1 rings (SSSR count). The molecule has 0 aromatic heterocycles. The highest BCUT2D eigenvalue weighted by Gasteiger charge is 2.30. The molecule has 4 nitrogen and oxygen atoms in total. The highest BCUT2D eigenvalue weighted by atomic mass is 16.4. The Morgan fingerprint density at radius 3 is 2.47 bits per heavy atom. The van der Waals surface area contributed by atoms with Gasteiger partial charge in [0.15, 0.2) is 0 Å². The Morgan fingerprint density at radius 1 is 1.53 bits per heavy atom. The third kappa shape index (κ3) is 3.18. The van der Waals surface area contributed by atoms with Crippen molar-refractivity contribution in [2.45, 2.75) is 45.3 Å². The summed E-state index contributed by atoms with van der Waals surface area (Å²) >= 11 is 0. The second-order valence-electron chi connectivity index (χ2n) is 4.95.